The fourth-order valence-electron chi connectivity index (χ4n) is 3.94. The molecular formula is C25H30N2O4. The predicted molar refractivity (Wildman–Crippen MR) is 118 cm³/mol. The van der Waals surface area contributed by atoms with Crippen molar-refractivity contribution in [1.82, 2.24) is 9.80 Å². The van der Waals surface area contributed by atoms with Gasteiger partial charge in [0.2, 0.25) is 11.8 Å². The first kappa shape index (κ1) is 21.4. The molecule has 0 bridgehead atoms. The second kappa shape index (κ2) is 9.96. The number of benzene rings is 2. The average Bonchev–Trinajstić information content (AvgIpc) is 3.65. The van der Waals surface area contributed by atoms with Crippen molar-refractivity contribution in [2.75, 3.05) is 33.3 Å². The van der Waals surface area contributed by atoms with Gasteiger partial charge in [0.05, 0.1) is 26.4 Å². The lowest BCUT2D eigenvalue weighted by Gasteiger charge is -2.25. The number of nitrogens with zero attached hydrogens (tertiary/aromatic N) is 2. The van der Waals surface area contributed by atoms with Gasteiger partial charge < -0.3 is 19.3 Å². The van der Waals surface area contributed by atoms with Crippen molar-refractivity contribution in [3.05, 3.63) is 65.7 Å². The zero-order chi connectivity index (χ0) is 21.6. The minimum Gasteiger partial charge on any atom is -0.497 e. The van der Waals surface area contributed by atoms with E-state index in [1.165, 1.54) is 5.56 Å². The maximum absolute atomic E-state index is 13.0. The van der Waals surface area contributed by atoms with E-state index < -0.39 is 0 Å². The van der Waals surface area contributed by atoms with Crippen molar-refractivity contribution in [3.63, 3.8) is 0 Å². The summed E-state index contributed by atoms with van der Waals surface area (Å²) in [5.41, 5.74) is 2.20. The standard InChI is InChI=1S/C25H30N2O4/c1-30-22-9-5-8-20(14-22)18-31-23-15-26(13-12-19-6-3-2-4-7-19)24(28)17-27(16-23)25(29)21-10-11-21/h2-9,14,21,23H,10-13,15-18H2,1H3/t23-/m0/s1. The summed E-state index contributed by atoms with van der Waals surface area (Å²) in [5, 5.41) is 0. The van der Waals surface area contributed by atoms with E-state index in [1.807, 2.05) is 47.4 Å². The first-order valence-corrected chi connectivity index (χ1v) is 11.0. The molecule has 1 saturated carbocycles. The molecule has 2 fully saturated rings. The van der Waals surface area contributed by atoms with E-state index >= 15 is 0 Å². The third kappa shape index (κ3) is 5.85. The van der Waals surface area contributed by atoms with Gasteiger partial charge in [-0.2, -0.15) is 0 Å². The van der Waals surface area contributed by atoms with E-state index in [2.05, 4.69) is 12.1 Å². The van der Waals surface area contributed by atoms with Crippen molar-refractivity contribution in [2.24, 2.45) is 5.92 Å². The molecule has 0 unspecified atom stereocenters. The van der Waals surface area contributed by atoms with E-state index in [4.69, 9.17) is 9.47 Å². The van der Waals surface area contributed by atoms with Crippen LogP contribution in [-0.2, 0) is 27.4 Å². The van der Waals surface area contributed by atoms with Gasteiger partial charge in [-0.25, -0.2) is 0 Å². The summed E-state index contributed by atoms with van der Waals surface area (Å²) < 4.78 is 11.5. The Morgan fingerprint density at radius 3 is 2.55 bits per heavy atom. The minimum atomic E-state index is -0.226. The molecule has 0 aromatic heterocycles. The van der Waals surface area contributed by atoms with Gasteiger partial charge in [0, 0.05) is 25.6 Å². The van der Waals surface area contributed by atoms with E-state index in [1.54, 1.807) is 12.0 Å². The Morgan fingerprint density at radius 2 is 1.81 bits per heavy atom. The maximum Gasteiger partial charge on any atom is 0.242 e. The first-order chi connectivity index (χ1) is 15.1. The van der Waals surface area contributed by atoms with E-state index in [-0.39, 0.29) is 30.4 Å². The molecule has 164 valence electrons. The van der Waals surface area contributed by atoms with Crippen LogP contribution >= 0.6 is 0 Å². The Balaban J connectivity index is 1.43. The Kier molecular flexibility index (Phi) is 6.87. The van der Waals surface area contributed by atoms with E-state index in [9.17, 15) is 9.59 Å². The Morgan fingerprint density at radius 1 is 1.03 bits per heavy atom. The van der Waals surface area contributed by atoms with Gasteiger partial charge in [-0.05, 0) is 42.5 Å². The van der Waals surface area contributed by atoms with Crippen molar-refractivity contribution in [3.8, 4) is 5.75 Å². The molecular weight excluding hydrogens is 392 g/mol. The first-order valence-electron chi connectivity index (χ1n) is 11.0. The van der Waals surface area contributed by atoms with Gasteiger partial charge in [-0.15, -0.1) is 0 Å². The summed E-state index contributed by atoms with van der Waals surface area (Å²) in [7, 11) is 1.64. The number of amides is 2. The minimum absolute atomic E-state index is 0.00240. The second-order valence-corrected chi connectivity index (χ2v) is 8.35. The smallest absolute Gasteiger partial charge is 0.242 e. The molecule has 2 aromatic rings. The molecule has 2 aliphatic rings. The van der Waals surface area contributed by atoms with Crippen LogP contribution in [0.5, 0.6) is 5.75 Å². The summed E-state index contributed by atoms with van der Waals surface area (Å²) in [6, 6.07) is 17.9. The molecule has 2 aromatic carbocycles. The molecule has 0 N–H and O–H groups in total. The highest BCUT2D eigenvalue weighted by Crippen LogP contribution is 2.31. The van der Waals surface area contributed by atoms with E-state index in [0.717, 1.165) is 30.6 Å². The molecule has 1 aliphatic carbocycles. The molecule has 1 aliphatic heterocycles. The number of ether oxygens (including phenoxy) is 2. The summed E-state index contributed by atoms with van der Waals surface area (Å²) in [6.07, 6.45) is 2.41. The monoisotopic (exact) mass is 422 g/mol. The summed E-state index contributed by atoms with van der Waals surface area (Å²) in [4.78, 5) is 29.2. The quantitative estimate of drug-likeness (QED) is 0.656. The highest BCUT2D eigenvalue weighted by Gasteiger charge is 2.37. The lowest BCUT2D eigenvalue weighted by molar-refractivity contribution is -0.139. The third-order valence-electron chi connectivity index (χ3n) is 5.90. The van der Waals surface area contributed by atoms with Crippen LogP contribution in [0, 0.1) is 5.92 Å². The molecule has 1 saturated heterocycles. The van der Waals surface area contributed by atoms with Crippen LogP contribution in [-0.4, -0.2) is 61.0 Å². The molecule has 0 spiro atoms. The van der Waals surface area contributed by atoms with Crippen molar-refractivity contribution >= 4 is 11.8 Å². The molecule has 6 nitrogen and oxygen atoms in total. The Hall–Kier alpha value is -2.86. The highest BCUT2D eigenvalue weighted by molar-refractivity contribution is 5.87. The maximum atomic E-state index is 13.0. The van der Waals surface area contributed by atoms with E-state index in [0.29, 0.717) is 26.2 Å². The fraction of sp³-hybridized carbons (Fsp3) is 0.440. The average molecular weight is 423 g/mol. The summed E-state index contributed by atoms with van der Waals surface area (Å²) >= 11 is 0. The summed E-state index contributed by atoms with van der Waals surface area (Å²) in [6.45, 7) is 2.11. The number of hydrogen-bond acceptors (Lipinski definition) is 4. The van der Waals surface area contributed by atoms with Crippen molar-refractivity contribution in [1.29, 1.82) is 0 Å². The zero-order valence-corrected chi connectivity index (χ0v) is 18.0. The molecule has 0 radical (unpaired) electrons. The normalized spacial score (nSPS) is 19.3. The van der Waals surface area contributed by atoms with Gasteiger partial charge in [-0.3, -0.25) is 9.59 Å². The Labute approximate surface area is 183 Å². The zero-order valence-electron chi connectivity index (χ0n) is 18.0. The van der Waals surface area contributed by atoms with Crippen LogP contribution < -0.4 is 4.74 Å². The lowest BCUT2D eigenvalue weighted by atomic mass is 10.1. The van der Waals surface area contributed by atoms with Gasteiger partial charge >= 0.3 is 0 Å². The van der Waals surface area contributed by atoms with Crippen LogP contribution in [0.25, 0.3) is 0 Å². The lowest BCUT2D eigenvalue weighted by Crippen LogP contribution is -2.40. The molecule has 31 heavy (non-hydrogen) atoms. The number of carbonyl (C=O) groups is 2. The van der Waals surface area contributed by atoms with Crippen LogP contribution in [0.15, 0.2) is 54.6 Å². The van der Waals surface area contributed by atoms with Gasteiger partial charge in [-0.1, -0.05) is 42.5 Å². The summed E-state index contributed by atoms with van der Waals surface area (Å²) in [5.74, 6) is 0.959. The van der Waals surface area contributed by atoms with Gasteiger partial charge in [0.25, 0.3) is 0 Å². The molecule has 1 atom stereocenters. The molecule has 1 heterocycles. The molecule has 4 rings (SSSR count). The molecule has 6 heteroatoms. The van der Waals surface area contributed by atoms with Crippen molar-refractivity contribution in [2.45, 2.75) is 32.0 Å². The SMILES string of the molecule is COc1cccc(CO[C@H]2CN(CCc3ccccc3)C(=O)CN(C(=O)C3CC3)C2)c1. The van der Waals surface area contributed by atoms with Crippen molar-refractivity contribution < 1.29 is 19.1 Å². The number of hydrogen-bond donors (Lipinski definition) is 0. The van der Waals surface area contributed by atoms with Gasteiger partial charge in [0.1, 0.15) is 5.75 Å². The number of rotatable bonds is 8. The third-order valence-corrected chi connectivity index (χ3v) is 5.90. The van der Waals surface area contributed by atoms with Crippen LogP contribution in [0.4, 0.5) is 0 Å². The highest BCUT2D eigenvalue weighted by atomic mass is 16.5. The van der Waals surface area contributed by atoms with Crippen LogP contribution in [0.2, 0.25) is 0 Å². The second-order valence-electron chi connectivity index (χ2n) is 8.35. The van der Waals surface area contributed by atoms with Crippen LogP contribution in [0.3, 0.4) is 0 Å². The fourth-order valence-corrected chi connectivity index (χ4v) is 3.94. The largest absolute Gasteiger partial charge is 0.497 e. The van der Waals surface area contributed by atoms with Crippen LogP contribution in [0.1, 0.15) is 24.0 Å². The van der Waals surface area contributed by atoms with Gasteiger partial charge in [0.15, 0.2) is 0 Å². The number of carbonyl (C=O) groups excluding carboxylic acids is 2. The topological polar surface area (TPSA) is 59.1 Å². The number of methoxy groups -OCH3 is 1. The Bertz CT molecular complexity index is 897. The molecule has 2 amide bonds. The predicted octanol–water partition coefficient (Wildman–Crippen LogP) is 2.90.